The van der Waals surface area contributed by atoms with Gasteiger partial charge in [0.1, 0.15) is 0 Å². The van der Waals surface area contributed by atoms with E-state index in [1.54, 1.807) is 24.0 Å². The zero-order chi connectivity index (χ0) is 10.6. The van der Waals surface area contributed by atoms with Gasteiger partial charge in [0.2, 0.25) is 0 Å². The van der Waals surface area contributed by atoms with Crippen LogP contribution in [-0.4, -0.2) is 22.3 Å². The van der Waals surface area contributed by atoms with E-state index in [-0.39, 0.29) is 5.91 Å². The summed E-state index contributed by atoms with van der Waals surface area (Å²) in [5.41, 5.74) is 0.679. The van der Waals surface area contributed by atoms with Crippen molar-refractivity contribution in [3.8, 4) is 0 Å². The number of carbonyl (C=O) groups excluding carboxylic acids is 1. The topological polar surface area (TPSA) is 20.3 Å². The Morgan fingerprint density at radius 2 is 1.93 bits per heavy atom. The van der Waals surface area contributed by atoms with Crippen LogP contribution >= 0.6 is 12.2 Å². The molecule has 0 fully saturated rings. The summed E-state index contributed by atoms with van der Waals surface area (Å²) < 4.78 is 0. The Bertz CT molecular complexity index is 334. The molecule has 0 N–H and O–H groups in total. The molecule has 0 radical (unpaired) electrons. The summed E-state index contributed by atoms with van der Waals surface area (Å²) in [6.07, 6.45) is 0. The molecule has 0 bridgehead atoms. The lowest BCUT2D eigenvalue weighted by molar-refractivity contribution is 0.0854. The summed E-state index contributed by atoms with van der Waals surface area (Å²) in [7, 11) is 0. The molecule has 0 aliphatic heterocycles. The van der Waals surface area contributed by atoms with Gasteiger partial charge >= 0.3 is 0 Å². The van der Waals surface area contributed by atoms with E-state index < -0.39 is 0 Å². The van der Waals surface area contributed by atoms with Crippen molar-refractivity contribution in [2.75, 3.05) is 6.54 Å². The smallest absolute Gasteiger partial charge is 0.258 e. The second-order valence-electron chi connectivity index (χ2n) is 2.93. The third kappa shape index (κ3) is 2.39. The monoisotopic (exact) mass is 207 g/mol. The molecular weight excluding hydrogens is 194 g/mol. The maximum absolute atomic E-state index is 11.9. The normalized spacial score (nSPS) is 9.57. The summed E-state index contributed by atoms with van der Waals surface area (Å²) in [5.74, 6) is -0.0272. The lowest BCUT2D eigenvalue weighted by Gasteiger charge is -2.18. The standard InChI is InChI=1S/C11H13NOS/c1-3-12(9(2)14)11(13)10-7-5-4-6-8-10/h4-8H,3H2,1-2H3. The second kappa shape index (κ2) is 4.86. The molecule has 0 heterocycles. The molecular formula is C11H13NOS. The minimum absolute atomic E-state index is 0.0272. The van der Waals surface area contributed by atoms with Crippen LogP contribution in [0, 0.1) is 0 Å². The third-order valence-corrected chi connectivity index (χ3v) is 2.18. The number of thiocarbonyl (C=S) groups is 1. The van der Waals surface area contributed by atoms with Gasteiger partial charge in [-0.3, -0.25) is 4.79 Å². The van der Waals surface area contributed by atoms with Gasteiger partial charge < -0.3 is 4.90 Å². The van der Waals surface area contributed by atoms with Crippen LogP contribution in [0.2, 0.25) is 0 Å². The van der Waals surface area contributed by atoms with Crippen molar-refractivity contribution >= 4 is 23.1 Å². The Hall–Kier alpha value is -1.22. The van der Waals surface area contributed by atoms with Crippen LogP contribution in [0.25, 0.3) is 0 Å². The van der Waals surface area contributed by atoms with Crippen LogP contribution in [0.4, 0.5) is 0 Å². The first kappa shape index (κ1) is 10.9. The summed E-state index contributed by atoms with van der Waals surface area (Å²) in [6, 6.07) is 9.17. The SMILES string of the molecule is CCN(C(=O)c1ccccc1)C(C)=S. The van der Waals surface area contributed by atoms with E-state index >= 15 is 0 Å². The quantitative estimate of drug-likeness (QED) is 0.694. The van der Waals surface area contributed by atoms with E-state index in [4.69, 9.17) is 12.2 Å². The van der Waals surface area contributed by atoms with E-state index in [2.05, 4.69) is 0 Å². The molecule has 0 atom stereocenters. The van der Waals surface area contributed by atoms with Crippen molar-refractivity contribution in [2.45, 2.75) is 13.8 Å². The molecule has 0 aromatic heterocycles. The Labute approximate surface area is 89.5 Å². The highest BCUT2D eigenvalue weighted by Crippen LogP contribution is 2.05. The van der Waals surface area contributed by atoms with Crippen molar-refractivity contribution in [1.29, 1.82) is 0 Å². The molecule has 1 aromatic rings. The van der Waals surface area contributed by atoms with Crippen molar-refractivity contribution < 1.29 is 4.79 Å². The van der Waals surface area contributed by atoms with Crippen molar-refractivity contribution in [1.82, 2.24) is 4.90 Å². The van der Waals surface area contributed by atoms with Crippen LogP contribution in [0.1, 0.15) is 24.2 Å². The molecule has 0 saturated carbocycles. The highest BCUT2D eigenvalue weighted by atomic mass is 32.1. The molecule has 1 rings (SSSR count). The maximum atomic E-state index is 11.9. The van der Waals surface area contributed by atoms with Crippen LogP contribution in [-0.2, 0) is 0 Å². The van der Waals surface area contributed by atoms with Gasteiger partial charge in [-0.15, -0.1) is 0 Å². The van der Waals surface area contributed by atoms with Gasteiger partial charge in [0.15, 0.2) is 0 Å². The van der Waals surface area contributed by atoms with Crippen molar-refractivity contribution in [2.24, 2.45) is 0 Å². The zero-order valence-electron chi connectivity index (χ0n) is 8.36. The van der Waals surface area contributed by atoms with Gasteiger partial charge in [-0.25, -0.2) is 0 Å². The second-order valence-corrected chi connectivity index (χ2v) is 3.53. The third-order valence-electron chi connectivity index (χ3n) is 1.96. The fourth-order valence-corrected chi connectivity index (χ4v) is 1.46. The van der Waals surface area contributed by atoms with E-state index in [0.29, 0.717) is 17.1 Å². The van der Waals surface area contributed by atoms with Crippen molar-refractivity contribution in [3.05, 3.63) is 35.9 Å². The molecule has 0 saturated heterocycles. The molecule has 3 heteroatoms. The number of rotatable bonds is 2. The van der Waals surface area contributed by atoms with Crippen LogP contribution < -0.4 is 0 Å². The van der Waals surface area contributed by atoms with Crippen LogP contribution in [0.3, 0.4) is 0 Å². The number of benzene rings is 1. The average Bonchev–Trinajstić information content (AvgIpc) is 2.19. The first-order valence-corrected chi connectivity index (χ1v) is 4.95. The first-order valence-electron chi connectivity index (χ1n) is 4.54. The molecule has 1 aromatic carbocycles. The highest BCUT2D eigenvalue weighted by molar-refractivity contribution is 7.80. The highest BCUT2D eigenvalue weighted by Gasteiger charge is 2.14. The van der Waals surface area contributed by atoms with Gasteiger partial charge in [0, 0.05) is 12.1 Å². The van der Waals surface area contributed by atoms with E-state index in [1.165, 1.54) is 0 Å². The fraction of sp³-hybridized carbons (Fsp3) is 0.273. The molecule has 74 valence electrons. The Morgan fingerprint density at radius 1 is 1.36 bits per heavy atom. The predicted octanol–water partition coefficient (Wildman–Crippen LogP) is 2.50. The maximum Gasteiger partial charge on any atom is 0.258 e. The fourth-order valence-electron chi connectivity index (χ4n) is 1.25. The van der Waals surface area contributed by atoms with Gasteiger partial charge in [-0.05, 0) is 26.0 Å². The first-order chi connectivity index (χ1) is 6.66. The lowest BCUT2D eigenvalue weighted by Crippen LogP contribution is -2.33. The molecule has 14 heavy (non-hydrogen) atoms. The molecule has 0 aliphatic rings. The molecule has 1 amide bonds. The summed E-state index contributed by atoms with van der Waals surface area (Å²) >= 11 is 5.00. The van der Waals surface area contributed by atoms with Crippen molar-refractivity contribution in [3.63, 3.8) is 0 Å². The van der Waals surface area contributed by atoms with Crippen LogP contribution in [0.5, 0.6) is 0 Å². The van der Waals surface area contributed by atoms with Gasteiger partial charge in [-0.2, -0.15) is 0 Å². The molecule has 2 nitrogen and oxygen atoms in total. The van der Waals surface area contributed by atoms with E-state index in [9.17, 15) is 4.79 Å². The number of amides is 1. The number of carbonyl (C=O) groups is 1. The summed E-state index contributed by atoms with van der Waals surface area (Å²) in [6.45, 7) is 4.29. The summed E-state index contributed by atoms with van der Waals surface area (Å²) in [4.78, 5) is 14.1. The number of hydrogen-bond acceptors (Lipinski definition) is 2. The van der Waals surface area contributed by atoms with E-state index in [1.807, 2.05) is 25.1 Å². The largest absolute Gasteiger partial charge is 0.303 e. The molecule has 0 aliphatic carbocycles. The van der Waals surface area contributed by atoms with Gasteiger partial charge in [0.05, 0.1) is 4.99 Å². The predicted molar refractivity (Wildman–Crippen MR) is 61.4 cm³/mol. The Kier molecular flexibility index (Phi) is 3.77. The lowest BCUT2D eigenvalue weighted by atomic mass is 10.2. The van der Waals surface area contributed by atoms with Gasteiger partial charge in [-0.1, -0.05) is 30.4 Å². The number of hydrogen-bond donors (Lipinski definition) is 0. The molecule has 0 unspecified atom stereocenters. The van der Waals surface area contributed by atoms with E-state index in [0.717, 1.165) is 0 Å². The Balaban J connectivity index is 2.89. The van der Waals surface area contributed by atoms with Crippen LogP contribution in [0.15, 0.2) is 30.3 Å². The minimum Gasteiger partial charge on any atom is -0.303 e. The van der Waals surface area contributed by atoms with Gasteiger partial charge in [0.25, 0.3) is 5.91 Å². The average molecular weight is 207 g/mol. The summed E-state index contributed by atoms with van der Waals surface area (Å²) in [5, 5.41) is 0. The zero-order valence-corrected chi connectivity index (χ0v) is 9.17. The Morgan fingerprint density at radius 3 is 2.36 bits per heavy atom. The number of nitrogens with zero attached hydrogens (tertiary/aromatic N) is 1. The molecule has 0 spiro atoms. The minimum atomic E-state index is -0.0272.